The van der Waals surface area contributed by atoms with E-state index in [1.807, 2.05) is 79.5 Å². The van der Waals surface area contributed by atoms with Gasteiger partial charge in [-0.05, 0) is 18.1 Å². The number of rotatable bonds is 8. The number of hydrogen-bond acceptors (Lipinski definition) is 5. The Morgan fingerprint density at radius 2 is 1.48 bits per heavy atom. The highest BCUT2D eigenvalue weighted by molar-refractivity contribution is 5.72. The molecule has 3 aromatic heterocycles. The van der Waals surface area contributed by atoms with Crippen LogP contribution < -0.4 is 5.32 Å². The van der Waals surface area contributed by atoms with E-state index in [4.69, 9.17) is 9.97 Å². The SMILES string of the molecule is c1ccc(-c2cncc(-c3cc(NCCCn4ccnc4)nc(-c4ccccc4)n3)c2)cc1. The Balaban J connectivity index is 1.44. The van der Waals surface area contributed by atoms with Crippen LogP contribution in [-0.2, 0) is 6.54 Å². The van der Waals surface area contributed by atoms with Crippen LogP contribution >= 0.6 is 0 Å². The number of aromatic nitrogens is 5. The Labute approximate surface area is 193 Å². The summed E-state index contributed by atoms with van der Waals surface area (Å²) in [7, 11) is 0. The molecule has 0 aliphatic heterocycles. The summed E-state index contributed by atoms with van der Waals surface area (Å²) in [6.45, 7) is 1.70. The van der Waals surface area contributed by atoms with Gasteiger partial charge in [0.1, 0.15) is 5.82 Å². The van der Waals surface area contributed by atoms with Crippen molar-refractivity contribution in [3.63, 3.8) is 0 Å². The molecule has 3 heterocycles. The lowest BCUT2D eigenvalue weighted by atomic mass is 10.0. The number of hydrogen-bond donors (Lipinski definition) is 1. The number of nitrogens with zero attached hydrogens (tertiary/aromatic N) is 5. The van der Waals surface area contributed by atoms with Crippen molar-refractivity contribution in [1.29, 1.82) is 0 Å². The molecule has 5 rings (SSSR count). The van der Waals surface area contributed by atoms with Gasteiger partial charge in [0.25, 0.3) is 0 Å². The lowest BCUT2D eigenvalue weighted by Crippen LogP contribution is -2.08. The van der Waals surface area contributed by atoms with Gasteiger partial charge in [0, 0.05) is 60.6 Å². The van der Waals surface area contributed by atoms with Crippen LogP contribution in [0.25, 0.3) is 33.8 Å². The van der Waals surface area contributed by atoms with Crippen molar-refractivity contribution in [1.82, 2.24) is 24.5 Å². The van der Waals surface area contributed by atoms with Gasteiger partial charge in [-0.25, -0.2) is 15.0 Å². The van der Waals surface area contributed by atoms with Gasteiger partial charge >= 0.3 is 0 Å². The number of pyridine rings is 1. The van der Waals surface area contributed by atoms with Crippen molar-refractivity contribution in [2.24, 2.45) is 0 Å². The lowest BCUT2D eigenvalue weighted by molar-refractivity contribution is 0.660. The zero-order chi connectivity index (χ0) is 22.3. The second-order valence-electron chi connectivity index (χ2n) is 7.74. The van der Waals surface area contributed by atoms with Crippen LogP contribution in [0.4, 0.5) is 5.82 Å². The first kappa shape index (κ1) is 20.6. The summed E-state index contributed by atoms with van der Waals surface area (Å²) in [6.07, 6.45) is 10.3. The second-order valence-corrected chi connectivity index (χ2v) is 7.74. The average Bonchev–Trinajstić information content (AvgIpc) is 3.41. The summed E-state index contributed by atoms with van der Waals surface area (Å²) in [5.41, 5.74) is 4.96. The summed E-state index contributed by atoms with van der Waals surface area (Å²) in [4.78, 5) is 18.2. The molecule has 1 N–H and O–H groups in total. The molecule has 0 radical (unpaired) electrons. The smallest absolute Gasteiger partial charge is 0.162 e. The van der Waals surface area contributed by atoms with Crippen molar-refractivity contribution in [3.8, 4) is 33.8 Å². The zero-order valence-corrected chi connectivity index (χ0v) is 18.2. The zero-order valence-electron chi connectivity index (χ0n) is 18.2. The molecule has 0 atom stereocenters. The normalized spacial score (nSPS) is 10.8. The van der Waals surface area contributed by atoms with E-state index in [2.05, 4.69) is 38.1 Å². The summed E-state index contributed by atoms with van der Waals surface area (Å²) < 4.78 is 2.07. The van der Waals surface area contributed by atoms with E-state index in [-0.39, 0.29) is 0 Å². The molecule has 0 saturated carbocycles. The fourth-order valence-electron chi connectivity index (χ4n) is 3.67. The Kier molecular flexibility index (Phi) is 6.15. The lowest BCUT2D eigenvalue weighted by Gasteiger charge is -2.11. The molecule has 0 aliphatic rings. The topological polar surface area (TPSA) is 68.5 Å². The molecule has 0 saturated heterocycles. The number of nitrogens with one attached hydrogen (secondary N) is 1. The van der Waals surface area contributed by atoms with Gasteiger partial charge in [-0.1, -0.05) is 60.7 Å². The third-order valence-electron chi connectivity index (χ3n) is 5.36. The van der Waals surface area contributed by atoms with Crippen molar-refractivity contribution < 1.29 is 0 Å². The van der Waals surface area contributed by atoms with Crippen molar-refractivity contribution >= 4 is 5.82 Å². The van der Waals surface area contributed by atoms with Crippen LogP contribution in [-0.4, -0.2) is 31.0 Å². The highest BCUT2D eigenvalue weighted by Gasteiger charge is 2.10. The number of imidazole rings is 1. The van der Waals surface area contributed by atoms with Crippen LogP contribution in [0.15, 0.2) is 104 Å². The molecule has 0 aliphatic carbocycles. The highest BCUT2D eigenvalue weighted by atomic mass is 15.0. The first-order chi connectivity index (χ1) is 16.3. The molecule has 2 aromatic carbocycles. The van der Waals surface area contributed by atoms with Crippen LogP contribution in [0.5, 0.6) is 0 Å². The van der Waals surface area contributed by atoms with Gasteiger partial charge in [0.05, 0.1) is 12.0 Å². The van der Waals surface area contributed by atoms with Crippen LogP contribution in [0.2, 0.25) is 0 Å². The third-order valence-corrected chi connectivity index (χ3v) is 5.36. The van der Waals surface area contributed by atoms with Crippen molar-refractivity contribution in [2.75, 3.05) is 11.9 Å². The Morgan fingerprint density at radius 1 is 0.727 bits per heavy atom. The number of aryl methyl sites for hydroxylation is 1. The van der Waals surface area contributed by atoms with E-state index < -0.39 is 0 Å². The molecule has 6 heteroatoms. The maximum atomic E-state index is 4.87. The molecule has 0 spiro atoms. The maximum absolute atomic E-state index is 4.87. The minimum absolute atomic E-state index is 0.690. The Hall–Kier alpha value is -4.32. The monoisotopic (exact) mass is 432 g/mol. The number of benzene rings is 2. The second kappa shape index (κ2) is 9.87. The van der Waals surface area contributed by atoms with Gasteiger partial charge < -0.3 is 9.88 Å². The van der Waals surface area contributed by atoms with Crippen LogP contribution in [0.3, 0.4) is 0 Å². The molecule has 162 valence electrons. The fraction of sp³-hybridized carbons (Fsp3) is 0.111. The molecule has 0 fully saturated rings. The van der Waals surface area contributed by atoms with Crippen LogP contribution in [0.1, 0.15) is 6.42 Å². The molecule has 5 aromatic rings. The van der Waals surface area contributed by atoms with E-state index in [0.717, 1.165) is 53.3 Å². The molecular formula is C27H24N6. The van der Waals surface area contributed by atoms with Gasteiger partial charge in [0.15, 0.2) is 5.82 Å². The summed E-state index contributed by atoms with van der Waals surface area (Å²) >= 11 is 0. The standard InChI is InChI=1S/C27H24N6/c1-3-8-21(9-4-1)23-16-24(19-29-18-23)25-17-26(30-12-7-14-33-15-13-28-20-33)32-27(31-25)22-10-5-2-6-11-22/h1-6,8-11,13,15-20H,7,12,14H2,(H,30,31,32). The predicted octanol–water partition coefficient (Wildman–Crippen LogP) is 5.57. The first-order valence-corrected chi connectivity index (χ1v) is 11.0. The molecule has 0 unspecified atom stereocenters. The molecule has 33 heavy (non-hydrogen) atoms. The molecule has 6 nitrogen and oxygen atoms in total. The van der Waals surface area contributed by atoms with Crippen molar-refractivity contribution in [2.45, 2.75) is 13.0 Å². The molecule has 0 bridgehead atoms. The predicted molar refractivity (Wildman–Crippen MR) is 131 cm³/mol. The largest absolute Gasteiger partial charge is 0.370 e. The third kappa shape index (κ3) is 5.13. The van der Waals surface area contributed by atoms with Crippen LogP contribution in [0, 0.1) is 0 Å². The Bertz CT molecular complexity index is 1300. The van der Waals surface area contributed by atoms with E-state index >= 15 is 0 Å². The minimum atomic E-state index is 0.690. The highest BCUT2D eigenvalue weighted by Crippen LogP contribution is 2.27. The van der Waals surface area contributed by atoms with E-state index in [9.17, 15) is 0 Å². The van der Waals surface area contributed by atoms with Gasteiger partial charge in [0.2, 0.25) is 0 Å². The van der Waals surface area contributed by atoms with Gasteiger partial charge in [-0.3, -0.25) is 4.98 Å². The first-order valence-electron chi connectivity index (χ1n) is 11.0. The number of anilines is 1. The quantitative estimate of drug-likeness (QED) is 0.325. The van der Waals surface area contributed by atoms with E-state index in [1.165, 1.54) is 0 Å². The fourth-order valence-corrected chi connectivity index (χ4v) is 3.67. The maximum Gasteiger partial charge on any atom is 0.162 e. The molecule has 0 amide bonds. The minimum Gasteiger partial charge on any atom is -0.370 e. The molecular weight excluding hydrogens is 408 g/mol. The summed E-state index contributed by atoms with van der Waals surface area (Å²) in [5.74, 6) is 1.49. The van der Waals surface area contributed by atoms with E-state index in [0.29, 0.717) is 5.82 Å². The van der Waals surface area contributed by atoms with E-state index in [1.54, 1.807) is 6.20 Å². The average molecular weight is 433 g/mol. The summed E-state index contributed by atoms with van der Waals surface area (Å²) in [5, 5.41) is 3.47. The van der Waals surface area contributed by atoms with Crippen molar-refractivity contribution in [3.05, 3.63) is 104 Å². The van der Waals surface area contributed by atoms with Gasteiger partial charge in [-0.2, -0.15) is 0 Å². The Morgan fingerprint density at radius 3 is 2.24 bits per heavy atom. The summed E-state index contributed by atoms with van der Waals surface area (Å²) in [6, 6.07) is 24.4. The van der Waals surface area contributed by atoms with Gasteiger partial charge in [-0.15, -0.1) is 0 Å².